The summed E-state index contributed by atoms with van der Waals surface area (Å²) in [5, 5.41) is 4.53. The molecular weight excluding hydrogens is 229 g/mol. The van der Waals surface area contributed by atoms with Gasteiger partial charge in [-0.05, 0) is 31.2 Å². The first-order valence-electron chi connectivity index (χ1n) is 5.97. The lowest BCUT2D eigenvalue weighted by molar-refractivity contribution is 0.515. The third-order valence-corrected chi connectivity index (χ3v) is 3.14. The average Bonchev–Trinajstić information content (AvgIpc) is 2.72. The van der Waals surface area contributed by atoms with Gasteiger partial charge in [0.25, 0.3) is 0 Å². The van der Waals surface area contributed by atoms with Gasteiger partial charge in [0.15, 0.2) is 0 Å². The lowest BCUT2D eigenvalue weighted by Crippen LogP contribution is -2.28. The van der Waals surface area contributed by atoms with E-state index in [1.807, 2.05) is 32.9 Å². The van der Waals surface area contributed by atoms with Crippen LogP contribution < -0.4 is 5.73 Å². The molecule has 0 spiro atoms. The fraction of sp³-hybridized carbons (Fsp3) is 0.357. The van der Waals surface area contributed by atoms with Crippen LogP contribution in [0.1, 0.15) is 25.2 Å². The third-order valence-electron chi connectivity index (χ3n) is 3.14. The molecule has 1 heterocycles. The standard InChI is InChI=1S/C14H18FN3/c1-10-7-13(14(2,3)9-16)17-18(10)12-6-4-5-11(15)8-12/h4-8H,9,16H2,1-3H3. The summed E-state index contributed by atoms with van der Waals surface area (Å²) in [7, 11) is 0. The van der Waals surface area contributed by atoms with Gasteiger partial charge in [-0.25, -0.2) is 9.07 Å². The van der Waals surface area contributed by atoms with E-state index in [9.17, 15) is 4.39 Å². The van der Waals surface area contributed by atoms with E-state index in [0.717, 1.165) is 17.1 Å². The summed E-state index contributed by atoms with van der Waals surface area (Å²) in [6.07, 6.45) is 0. The Kier molecular flexibility index (Phi) is 3.22. The third kappa shape index (κ3) is 2.29. The minimum atomic E-state index is -0.262. The molecule has 0 saturated carbocycles. The van der Waals surface area contributed by atoms with Gasteiger partial charge in [-0.3, -0.25) is 0 Å². The fourth-order valence-electron chi connectivity index (χ4n) is 1.78. The van der Waals surface area contributed by atoms with Crippen molar-refractivity contribution in [1.29, 1.82) is 0 Å². The minimum Gasteiger partial charge on any atom is -0.330 e. The van der Waals surface area contributed by atoms with Crippen LogP contribution in [0.15, 0.2) is 30.3 Å². The molecule has 1 aromatic heterocycles. The highest BCUT2D eigenvalue weighted by atomic mass is 19.1. The first-order valence-corrected chi connectivity index (χ1v) is 5.97. The second-order valence-corrected chi connectivity index (χ2v) is 5.15. The van der Waals surface area contributed by atoms with Crippen LogP contribution in [0.2, 0.25) is 0 Å². The molecule has 0 fully saturated rings. The molecule has 2 N–H and O–H groups in total. The molecule has 0 radical (unpaired) electrons. The number of benzene rings is 1. The van der Waals surface area contributed by atoms with E-state index in [1.165, 1.54) is 12.1 Å². The largest absolute Gasteiger partial charge is 0.330 e. The Morgan fingerprint density at radius 1 is 1.33 bits per heavy atom. The molecule has 3 nitrogen and oxygen atoms in total. The number of hydrogen-bond donors (Lipinski definition) is 1. The molecular formula is C14H18FN3. The second-order valence-electron chi connectivity index (χ2n) is 5.15. The normalized spacial score (nSPS) is 11.8. The molecule has 0 saturated heterocycles. The minimum absolute atomic E-state index is 0.177. The molecule has 4 heteroatoms. The van der Waals surface area contributed by atoms with Crippen LogP contribution >= 0.6 is 0 Å². The van der Waals surface area contributed by atoms with Gasteiger partial charge in [0.2, 0.25) is 0 Å². The van der Waals surface area contributed by atoms with Crippen LogP contribution in [0.25, 0.3) is 5.69 Å². The Morgan fingerprint density at radius 2 is 2.06 bits per heavy atom. The van der Waals surface area contributed by atoms with Gasteiger partial charge in [-0.2, -0.15) is 5.10 Å². The molecule has 96 valence electrons. The van der Waals surface area contributed by atoms with Crippen LogP contribution in [0.5, 0.6) is 0 Å². The number of aromatic nitrogens is 2. The second kappa shape index (κ2) is 4.53. The van der Waals surface area contributed by atoms with Gasteiger partial charge in [-0.1, -0.05) is 19.9 Å². The molecule has 1 aromatic carbocycles. The Balaban J connectivity index is 2.48. The first-order chi connectivity index (χ1) is 8.44. The predicted octanol–water partition coefficient (Wildman–Crippen LogP) is 2.56. The number of halogens is 1. The van der Waals surface area contributed by atoms with Crippen molar-refractivity contribution in [2.45, 2.75) is 26.2 Å². The number of nitrogens with zero attached hydrogens (tertiary/aromatic N) is 2. The van der Waals surface area contributed by atoms with Crippen molar-refractivity contribution in [3.63, 3.8) is 0 Å². The summed E-state index contributed by atoms with van der Waals surface area (Å²) in [6, 6.07) is 8.41. The quantitative estimate of drug-likeness (QED) is 0.905. The van der Waals surface area contributed by atoms with E-state index in [4.69, 9.17) is 5.73 Å². The molecule has 0 atom stereocenters. The van der Waals surface area contributed by atoms with Crippen LogP contribution in [-0.2, 0) is 5.41 Å². The Labute approximate surface area is 106 Å². The Bertz CT molecular complexity index is 558. The Hall–Kier alpha value is -1.68. The van der Waals surface area contributed by atoms with E-state index in [1.54, 1.807) is 10.7 Å². The summed E-state index contributed by atoms with van der Waals surface area (Å²) >= 11 is 0. The van der Waals surface area contributed by atoms with Crippen LogP contribution in [0, 0.1) is 12.7 Å². The first kappa shape index (κ1) is 12.8. The summed E-state index contributed by atoms with van der Waals surface area (Å²) in [5.74, 6) is -0.262. The van der Waals surface area contributed by atoms with E-state index < -0.39 is 0 Å². The summed E-state index contributed by atoms with van der Waals surface area (Å²) < 4.78 is 15.0. The molecule has 18 heavy (non-hydrogen) atoms. The zero-order chi connectivity index (χ0) is 13.3. The van der Waals surface area contributed by atoms with Crippen molar-refractivity contribution in [3.05, 3.63) is 47.5 Å². The number of rotatable bonds is 3. The highest BCUT2D eigenvalue weighted by Gasteiger charge is 2.23. The maximum Gasteiger partial charge on any atom is 0.125 e. The van der Waals surface area contributed by atoms with Crippen molar-refractivity contribution in [3.8, 4) is 5.69 Å². The molecule has 2 rings (SSSR count). The summed E-state index contributed by atoms with van der Waals surface area (Å²) in [6.45, 7) is 6.57. The zero-order valence-electron chi connectivity index (χ0n) is 10.9. The highest BCUT2D eigenvalue weighted by Crippen LogP contribution is 2.23. The smallest absolute Gasteiger partial charge is 0.125 e. The number of hydrogen-bond acceptors (Lipinski definition) is 2. The monoisotopic (exact) mass is 247 g/mol. The maximum atomic E-state index is 13.2. The van der Waals surface area contributed by atoms with Gasteiger partial charge < -0.3 is 5.73 Å². The van der Waals surface area contributed by atoms with E-state index in [2.05, 4.69) is 5.10 Å². The summed E-state index contributed by atoms with van der Waals surface area (Å²) in [4.78, 5) is 0. The van der Waals surface area contributed by atoms with E-state index >= 15 is 0 Å². The molecule has 0 aliphatic carbocycles. The lowest BCUT2D eigenvalue weighted by Gasteiger charge is -2.19. The van der Waals surface area contributed by atoms with Crippen molar-refractivity contribution in [2.24, 2.45) is 5.73 Å². The van der Waals surface area contributed by atoms with Crippen LogP contribution in [0.3, 0.4) is 0 Å². The maximum absolute atomic E-state index is 13.2. The Morgan fingerprint density at radius 3 is 2.67 bits per heavy atom. The molecule has 0 amide bonds. The van der Waals surface area contributed by atoms with Crippen LogP contribution in [-0.4, -0.2) is 16.3 Å². The molecule has 0 unspecified atom stereocenters. The molecule has 0 aliphatic rings. The zero-order valence-corrected chi connectivity index (χ0v) is 10.9. The lowest BCUT2D eigenvalue weighted by atomic mass is 9.90. The van der Waals surface area contributed by atoms with E-state index in [-0.39, 0.29) is 11.2 Å². The number of aryl methyl sites for hydroxylation is 1. The van der Waals surface area contributed by atoms with Gasteiger partial charge in [-0.15, -0.1) is 0 Å². The number of nitrogens with two attached hydrogens (primary N) is 1. The van der Waals surface area contributed by atoms with E-state index in [0.29, 0.717) is 6.54 Å². The summed E-state index contributed by atoms with van der Waals surface area (Å²) in [5.41, 5.74) is 8.19. The SMILES string of the molecule is Cc1cc(C(C)(C)CN)nn1-c1cccc(F)c1. The molecule has 0 bridgehead atoms. The van der Waals surface area contributed by atoms with Gasteiger partial charge >= 0.3 is 0 Å². The molecule has 2 aromatic rings. The van der Waals surface area contributed by atoms with Crippen LogP contribution in [0.4, 0.5) is 4.39 Å². The predicted molar refractivity (Wildman–Crippen MR) is 70.3 cm³/mol. The average molecular weight is 247 g/mol. The van der Waals surface area contributed by atoms with Gasteiger partial charge in [0.1, 0.15) is 5.82 Å². The van der Waals surface area contributed by atoms with Gasteiger partial charge in [0.05, 0.1) is 11.4 Å². The van der Waals surface area contributed by atoms with Gasteiger partial charge in [0, 0.05) is 17.7 Å². The highest BCUT2D eigenvalue weighted by molar-refractivity contribution is 5.34. The van der Waals surface area contributed by atoms with Crippen molar-refractivity contribution < 1.29 is 4.39 Å². The van der Waals surface area contributed by atoms with Crippen molar-refractivity contribution >= 4 is 0 Å². The fourth-order valence-corrected chi connectivity index (χ4v) is 1.78. The topological polar surface area (TPSA) is 43.8 Å². The van der Waals surface area contributed by atoms with Crippen molar-refractivity contribution in [1.82, 2.24) is 9.78 Å². The molecule has 0 aliphatic heterocycles. The van der Waals surface area contributed by atoms with Crippen molar-refractivity contribution in [2.75, 3.05) is 6.54 Å².